The van der Waals surface area contributed by atoms with Crippen molar-refractivity contribution in [2.45, 2.75) is 6.42 Å². The number of hydrogen-bond donors (Lipinski definition) is 1. The third-order valence-electron chi connectivity index (χ3n) is 7.56. The summed E-state index contributed by atoms with van der Waals surface area (Å²) < 4.78 is 2.37. The Morgan fingerprint density at radius 3 is 2.15 bits per heavy atom. The zero-order valence-electron chi connectivity index (χ0n) is 21.6. The van der Waals surface area contributed by atoms with E-state index in [-0.39, 0.29) is 0 Å². The van der Waals surface area contributed by atoms with Gasteiger partial charge in [0.05, 0.1) is 11.0 Å². The van der Waals surface area contributed by atoms with Crippen molar-refractivity contribution < 1.29 is 0 Å². The van der Waals surface area contributed by atoms with E-state index >= 15 is 0 Å². The fourth-order valence-corrected chi connectivity index (χ4v) is 5.59. The maximum absolute atomic E-state index is 4.21. The molecule has 39 heavy (non-hydrogen) atoms. The first-order chi connectivity index (χ1) is 19.2. The number of para-hydroxylation sites is 2. The Morgan fingerprint density at radius 1 is 0.590 bits per heavy atom. The predicted molar refractivity (Wildman–Crippen MR) is 166 cm³/mol. The molecular formula is C37H28N2. The first kappa shape index (κ1) is 23.1. The largest absolute Gasteiger partial charge is 0.356 e. The van der Waals surface area contributed by atoms with Crippen molar-refractivity contribution in [3.63, 3.8) is 0 Å². The summed E-state index contributed by atoms with van der Waals surface area (Å²) in [6.45, 7) is 4.21. The summed E-state index contributed by atoms with van der Waals surface area (Å²) in [5.41, 5.74) is 11.7. The van der Waals surface area contributed by atoms with Gasteiger partial charge < -0.3 is 9.88 Å². The van der Waals surface area contributed by atoms with Crippen LogP contribution < -0.4 is 5.32 Å². The van der Waals surface area contributed by atoms with Crippen molar-refractivity contribution >= 4 is 33.1 Å². The fourth-order valence-electron chi connectivity index (χ4n) is 5.59. The predicted octanol–water partition coefficient (Wildman–Crippen LogP) is 9.57. The highest BCUT2D eigenvalue weighted by Gasteiger charge is 2.14. The van der Waals surface area contributed by atoms with Gasteiger partial charge in [0.1, 0.15) is 0 Å². The lowest BCUT2D eigenvalue weighted by Gasteiger charge is -2.10. The molecule has 1 aliphatic rings. The van der Waals surface area contributed by atoms with Crippen LogP contribution >= 0.6 is 0 Å². The molecule has 0 bridgehead atoms. The number of benzene rings is 5. The van der Waals surface area contributed by atoms with E-state index in [2.05, 4.69) is 156 Å². The highest BCUT2D eigenvalue weighted by atomic mass is 15.0. The summed E-state index contributed by atoms with van der Waals surface area (Å²) in [6.07, 6.45) is 7.40. The van der Waals surface area contributed by atoms with Crippen LogP contribution in [0.1, 0.15) is 11.1 Å². The summed E-state index contributed by atoms with van der Waals surface area (Å²) in [7, 11) is 0. The number of anilines is 1. The Morgan fingerprint density at radius 2 is 1.28 bits per heavy atom. The van der Waals surface area contributed by atoms with Gasteiger partial charge in [0.15, 0.2) is 0 Å². The fraction of sp³-hybridized carbons (Fsp3) is 0.0270. The Bertz CT molecular complexity index is 1900. The Labute approximate surface area is 228 Å². The minimum Gasteiger partial charge on any atom is -0.356 e. The maximum atomic E-state index is 4.21. The Balaban J connectivity index is 1.34. The minimum atomic E-state index is 0.851. The number of hydrogen-bond acceptors (Lipinski definition) is 1. The lowest BCUT2D eigenvalue weighted by atomic mass is 9.99. The van der Waals surface area contributed by atoms with Crippen molar-refractivity contribution in [2.75, 3.05) is 5.32 Å². The van der Waals surface area contributed by atoms with Crippen LogP contribution in [0, 0.1) is 0 Å². The van der Waals surface area contributed by atoms with Crippen molar-refractivity contribution in [3.8, 4) is 16.8 Å². The molecule has 1 aromatic heterocycles. The average Bonchev–Trinajstić information content (AvgIpc) is 3.35. The second-order valence-electron chi connectivity index (χ2n) is 10.0. The second-order valence-corrected chi connectivity index (χ2v) is 10.0. The summed E-state index contributed by atoms with van der Waals surface area (Å²) in [4.78, 5) is 0. The van der Waals surface area contributed by atoms with Crippen molar-refractivity contribution in [1.82, 2.24) is 4.57 Å². The van der Waals surface area contributed by atoms with E-state index in [1.807, 2.05) is 0 Å². The van der Waals surface area contributed by atoms with Crippen LogP contribution in [0.25, 0.3) is 44.2 Å². The molecule has 2 nitrogen and oxygen atoms in total. The molecule has 6 aromatic rings. The van der Waals surface area contributed by atoms with Crippen molar-refractivity contribution in [2.24, 2.45) is 0 Å². The van der Waals surface area contributed by atoms with E-state index in [0.717, 1.165) is 23.5 Å². The van der Waals surface area contributed by atoms with Crippen LogP contribution in [0.2, 0.25) is 0 Å². The van der Waals surface area contributed by atoms with Crippen LogP contribution in [-0.2, 0) is 6.42 Å². The standard InChI is InChI=1S/C37H28N2/c1-26-15-16-29(17-18-30-11-5-7-13-35(30)38-26)31-21-24-37-34(25-31)33-12-6-8-14-36(33)39(37)32-22-19-28(20-23-32)27-9-3-2-4-10-27/h2-17,19-25,38H,1,18H2/b16-15-,29-17+. The van der Waals surface area contributed by atoms with Crippen LogP contribution in [0.4, 0.5) is 5.69 Å². The maximum Gasteiger partial charge on any atom is 0.0541 e. The second kappa shape index (κ2) is 9.66. The van der Waals surface area contributed by atoms with Gasteiger partial charge >= 0.3 is 0 Å². The lowest BCUT2D eigenvalue weighted by Crippen LogP contribution is -1.98. The monoisotopic (exact) mass is 500 g/mol. The summed E-state index contributed by atoms with van der Waals surface area (Å²) in [5, 5.41) is 5.95. The average molecular weight is 501 g/mol. The zero-order chi connectivity index (χ0) is 26.2. The van der Waals surface area contributed by atoms with Gasteiger partial charge in [-0.2, -0.15) is 0 Å². The van der Waals surface area contributed by atoms with Gasteiger partial charge in [-0.25, -0.2) is 0 Å². The molecule has 1 aliphatic heterocycles. The summed E-state index contributed by atoms with van der Waals surface area (Å²) >= 11 is 0. The van der Waals surface area contributed by atoms with Gasteiger partial charge in [-0.1, -0.05) is 104 Å². The third kappa shape index (κ3) is 4.26. The van der Waals surface area contributed by atoms with Gasteiger partial charge in [0.2, 0.25) is 0 Å². The molecule has 7 rings (SSSR count). The topological polar surface area (TPSA) is 17.0 Å². The number of rotatable bonds is 3. The first-order valence-corrected chi connectivity index (χ1v) is 13.4. The smallest absolute Gasteiger partial charge is 0.0541 e. The molecule has 0 amide bonds. The van der Waals surface area contributed by atoms with E-state index in [0.29, 0.717) is 0 Å². The summed E-state index contributed by atoms with van der Waals surface area (Å²) in [6, 6.07) is 43.4. The minimum absolute atomic E-state index is 0.851. The molecule has 5 aromatic carbocycles. The molecule has 186 valence electrons. The van der Waals surface area contributed by atoms with E-state index in [4.69, 9.17) is 0 Å². The number of nitrogens with one attached hydrogen (secondary N) is 1. The molecule has 0 unspecified atom stereocenters. The highest BCUT2D eigenvalue weighted by Crippen LogP contribution is 2.35. The Kier molecular flexibility index (Phi) is 5.71. The van der Waals surface area contributed by atoms with Crippen LogP contribution in [-0.4, -0.2) is 4.57 Å². The molecule has 2 heteroatoms. The molecule has 0 radical (unpaired) electrons. The number of allylic oxidation sites excluding steroid dienone is 4. The van der Waals surface area contributed by atoms with E-state index in [9.17, 15) is 0 Å². The Hall–Kier alpha value is -5.08. The molecule has 0 aliphatic carbocycles. The SMILES string of the molecule is C=C1/C=C\C(c2ccc3c(c2)c2ccccc2n3-c2ccc(-c3ccccc3)cc2)=C/Cc2ccccc2N1. The zero-order valence-corrected chi connectivity index (χ0v) is 21.6. The van der Waals surface area contributed by atoms with Gasteiger partial charge in [-0.3, -0.25) is 0 Å². The van der Waals surface area contributed by atoms with Crippen molar-refractivity contribution in [1.29, 1.82) is 0 Å². The van der Waals surface area contributed by atoms with E-state index < -0.39 is 0 Å². The molecule has 1 N–H and O–H groups in total. The number of nitrogens with zero attached hydrogens (tertiary/aromatic N) is 1. The van der Waals surface area contributed by atoms with Gasteiger partial charge in [-0.15, -0.1) is 0 Å². The van der Waals surface area contributed by atoms with Crippen LogP contribution in [0.3, 0.4) is 0 Å². The molecule has 0 saturated heterocycles. The number of aromatic nitrogens is 1. The highest BCUT2D eigenvalue weighted by molar-refractivity contribution is 6.10. The molecule has 0 atom stereocenters. The quantitative estimate of drug-likeness (QED) is 0.256. The van der Waals surface area contributed by atoms with Gasteiger partial charge in [0, 0.05) is 27.8 Å². The molecule has 2 heterocycles. The first-order valence-electron chi connectivity index (χ1n) is 13.4. The van der Waals surface area contributed by atoms with Gasteiger partial charge in [-0.05, 0) is 76.7 Å². The van der Waals surface area contributed by atoms with Gasteiger partial charge in [0.25, 0.3) is 0 Å². The van der Waals surface area contributed by atoms with Crippen LogP contribution in [0.5, 0.6) is 0 Å². The van der Waals surface area contributed by atoms with Crippen LogP contribution in [0.15, 0.2) is 152 Å². The van der Waals surface area contributed by atoms with E-state index in [1.165, 1.54) is 49.6 Å². The summed E-state index contributed by atoms with van der Waals surface area (Å²) in [5.74, 6) is 0. The lowest BCUT2D eigenvalue weighted by molar-refractivity contribution is 1.18. The molecule has 0 spiro atoms. The van der Waals surface area contributed by atoms with Crippen molar-refractivity contribution in [3.05, 3.63) is 163 Å². The third-order valence-corrected chi connectivity index (χ3v) is 7.56. The molecular weight excluding hydrogens is 472 g/mol. The van der Waals surface area contributed by atoms with E-state index in [1.54, 1.807) is 0 Å². The molecule has 0 saturated carbocycles. The molecule has 0 fully saturated rings. The normalized spacial score (nSPS) is 15.5. The number of fused-ring (bicyclic) bond motifs is 4.